The highest BCUT2D eigenvalue weighted by atomic mass is 79.9. The number of carbonyl (C=O) groups is 2. The van der Waals surface area contributed by atoms with E-state index >= 15 is 0 Å². The van der Waals surface area contributed by atoms with Crippen molar-refractivity contribution in [1.82, 2.24) is 0 Å². The number of carbonyl (C=O) groups excluding carboxylic acids is 2. The Morgan fingerprint density at radius 3 is 2.26 bits per heavy atom. The molecular weight excluding hydrogens is 526 g/mol. The maximum Gasteiger partial charge on any atom is 0.300 e. The molecule has 1 fully saturated rings. The number of amides is 1. The van der Waals surface area contributed by atoms with Crippen LogP contribution in [0.1, 0.15) is 17.2 Å². The molecule has 1 atom stereocenters. The summed E-state index contributed by atoms with van der Waals surface area (Å²) in [7, 11) is 1.54. The molecule has 0 spiro atoms. The second-order valence-corrected chi connectivity index (χ2v) is 8.68. The number of ketones is 1. The standard InChI is InChI=1S/C24H17Br2NO4/c1-31-19-12-9-15(13-18(19)26)22(28)20-21(14-7-10-16(25)11-8-14)27(24(30)23(20)29)17-5-3-2-4-6-17/h2-13,21,28H,1H3/b22-20-. The van der Waals surface area contributed by atoms with E-state index in [1.807, 2.05) is 30.3 Å². The van der Waals surface area contributed by atoms with Gasteiger partial charge in [-0.2, -0.15) is 0 Å². The average Bonchev–Trinajstić information content (AvgIpc) is 3.05. The highest BCUT2D eigenvalue weighted by Gasteiger charge is 2.46. The van der Waals surface area contributed by atoms with E-state index in [4.69, 9.17) is 4.74 Å². The summed E-state index contributed by atoms with van der Waals surface area (Å²) in [6.07, 6.45) is 0. The Hall–Kier alpha value is -2.90. The molecule has 0 saturated carbocycles. The third-order valence-electron chi connectivity index (χ3n) is 5.09. The highest BCUT2D eigenvalue weighted by molar-refractivity contribution is 9.10. The lowest BCUT2D eigenvalue weighted by Gasteiger charge is -2.25. The molecule has 3 aromatic carbocycles. The SMILES string of the molecule is COc1ccc(/C(O)=C2/C(=O)C(=O)N(c3ccccc3)C2c2ccc(Br)cc2)cc1Br. The summed E-state index contributed by atoms with van der Waals surface area (Å²) >= 11 is 6.82. The van der Waals surface area contributed by atoms with Gasteiger partial charge in [-0.15, -0.1) is 0 Å². The van der Waals surface area contributed by atoms with E-state index in [-0.39, 0.29) is 11.3 Å². The maximum atomic E-state index is 13.1. The van der Waals surface area contributed by atoms with E-state index in [1.54, 1.807) is 49.6 Å². The molecule has 7 heteroatoms. The van der Waals surface area contributed by atoms with Crippen LogP contribution in [0.3, 0.4) is 0 Å². The van der Waals surface area contributed by atoms with Gasteiger partial charge in [-0.05, 0) is 64.0 Å². The van der Waals surface area contributed by atoms with Crippen molar-refractivity contribution >= 4 is 55.0 Å². The fraction of sp³-hybridized carbons (Fsp3) is 0.0833. The summed E-state index contributed by atoms with van der Waals surface area (Å²) in [5, 5.41) is 11.2. The van der Waals surface area contributed by atoms with Crippen LogP contribution in [-0.4, -0.2) is 23.9 Å². The molecule has 1 amide bonds. The summed E-state index contributed by atoms with van der Waals surface area (Å²) in [4.78, 5) is 27.6. The summed E-state index contributed by atoms with van der Waals surface area (Å²) in [5.74, 6) is -1.08. The lowest BCUT2D eigenvalue weighted by molar-refractivity contribution is -0.132. The number of halogens is 2. The van der Waals surface area contributed by atoms with Gasteiger partial charge in [0.25, 0.3) is 11.7 Å². The molecule has 31 heavy (non-hydrogen) atoms. The molecule has 1 aliphatic heterocycles. The molecule has 1 heterocycles. The van der Waals surface area contributed by atoms with Gasteiger partial charge in [0, 0.05) is 15.7 Å². The van der Waals surface area contributed by atoms with E-state index < -0.39 is 17.7 Å². The lowest BCUT2D eigenvalue weighted by Crippen LogP contribution is -2.29. The normalized spacial score (nSPS) is 17.8. The zero-order chi connectivity index (χ0) is 22.1. The van der Waals surface area contributed by atoms with E-state index in [9.17, 15) is 14.7 Å². The van der Waals surface area contributed by atoms with Crippen molar-refractivity contribution in [2.45, 2.75) is 6.04 Å². The Bertz CT molecular complexity index is 1190. The summed E-state index contributed by atoms with van der Waals surface area (Å²) < 4.78 is 6.73. The smallest absolute Gasteiger partial charge is 0.300 e. The summed E-state index contributed by atoms with van der Waals surface area (Å²) in [5.41, 5.74) is 1.72. The predicted molar refractivity (Wildman–Crippen MR) is 126 cm³/mol. The first kappa shape index (κ1) is 21.3. The van der Waals surface area contributed by atoms with E-state index in [0.29, 0.717) is 27.0 Å². The van der Waals surface area contributed by atoms with Crippen LogP contribution in [0, 0.1) is 0 Å². The van der Waals surface area contributed by atoms with Gasteiger partial charge in [-0.3, -0.25) is 14.5 Å². The molecular formula is C24H17Br2NO4. The molecule has 0 radical (unpaired) electrons. The number of aliphatic hydroxyl groups excluding tert-OH is 1. The van der Waals surface area contributed by atoms with Gasteiger partial charge in [0.2, 0.25) is 0 Å². The molecule has 0 bridgehead atoms. The number of Topliss-reactive ketones (excluding diaryl/α,β-unsaturated/α-hetero) is 1. The Balaban J connectivity index is 1.93. The van der Waals surface area contributed by atoms with E-state index in [1.165, 1.54) is 4.90 Å². The number of benzene rings is 3. The average molecular weight is 543 g/mol. The molecule has 3 aromatic rings. The van der Waals surface area contributed by atoms with E-state index in [0.717, 1.165) is 4.47 Å². The highest BCUT2D eigenvalue weighted by Crippen LogP contribution is 2.42. The fourth-order valence-electron chi connectivity index (χ4n) is 3.62. The number of hydrogen-bond acceptors (Lipinski definition) is 4. The van der Waals surface area contributed by atoms with Crippen molar-refractivity contribution in [2.24, 2.45) is 0 Å². The minimum atomic E-state index is -0.767. The number of ether oxygens (including phenoxy) is 1. The molecule has 0 aliphatic carbocycles. The largest absolute Gasteiger partial charge is 0.507 e. The van der Waals surface area contributed by atoms with Crippen molar-refractivity contribution in [3.63, 3.8) is 0 Å². The van der Waals surface area contributed by atoms with Gasteiger partial charge < -0.3 is 9.84 Å². The molecule has 1 saturated heterocycles. The summed E-state index contributed by atoms with van der Waals surface area (Å²) in [6, 6.07) is 20.5. The van der Waals surface area contributed by atoms with Crippen molar-refractivity contribution < 1.29 is 19.4 Å². The first-order chi connectivity index (χ1) is 14.9. The lowest BCUT2D eigenvalue weighted by atomic mass is 9.95. The number of para-hydroxylation sites is 1. The van der Waals surface area contributed by atoms with Crippen molar-refractivity contribution in [3.05, 3.63) is 98.4 Å². The topological polar surface area (TPSA) is 66.8 Å². The third-order valence-corrected chi connectivity index (χ3v) is 6.24. The first-order valence-corrected chi connectivity index (χ1v) is 11.0. The zero-order valence-corrected chi connectivity index (χ0v) is 19.6. The quantitative estimate of drug-likeness (QED) is 0.255. The zero-order valence-electron chi connectivity index (χ0n) is 16.4. The minimum absolute atomic E-state index is 0.0354. The third kappa shape index (κ3) is 3.91. The van der Waals surface area contributed by atoms with Crippen LogP contribution >= 0.6 is 31.9 Å². The molecule has 1 unspecified atom stereocenters. The van der Waals surface area contributed by atoms with Crippen LogP contribution in [0.25, 0.3) is 5.76 Å². The Kier molecular flexibility index (Phi) is 5.98. The number of rotatable bonds is 4. The van der Waals surface area contributed by atoms with Crippen LogP contribution in [-0.2, 0) is 9.59 Å². The molecule has 0 aromatic heterocycles. The molecule has 1 aliphatic rings. The van der Waals surface area contributed by atoms with Crippen LogP contribution in [0.2, 0.25) is 0 Å². The molecule has 1 N–H and O–H groups in total. The van der Waals surface area contributed by atoms with Crippen molar-refractivity contribution in [2.75, 3.05) is 12.0 Å². The van der Waals surface area contributed by atoms with Crippen molar-refractivity contribution in [3.8, 4) is 5.75 Å². The Labute approximate surface area is 196 Å². The van der Waals surface area contributed by atoms with Gasteiger partial charge in [0.15, 0.2) is 0 Å². The minimum Gasteiger partial charge on any atom is -0.507 e. The fourth-order valence-corrected chi connectivity index (χ4v) is 4.42. The van der Waals surface area contributed by atoms with Gasteiger partial charge >= 0.3 is 0 Å². The number of aliphatic hydroxyl groups is 1. The van der Waals surface area contributed by atoms with Crippen molar-refractivity contribution in [1.29, 1.82) is 0 Å². The monoisotopic (exact) mass is 541 g/mol. The number of nitrogens with zero attached hydrogens (tertiary/aromatic N) is 1. The second kappa shape index (κ2) is 8.69. The van der Waals surface area contributed by atoms with Crippen LogP contribution in [0.5, 0.6) is 5.75 Å². The second-order valence-electron chi connectivity index (χ2n) is 6.91. The summed E-state index contributed by atoms with van der Waals surface area (Å²) in [6.45, 7) is 0. The Morgan fingerprint density at radius 1 is 0.968 bits per heavy atom. The molecule has 4 rings (SSSR count). The Morgan fingerprint density at radius 2 is 1.65 bits per heavy atom. The van der Waals surface area contributed by atoms with Gasteiger partial charge in [-0.1, -0.05) is 46.3 Å². The first-order valence-electron chi connectivity index (χ1n) is 9.38. The van der Waals surface area contributed by atoms with E-state index in [2.05, 4.69) is 31.9 Å². The molecule has 156 valence electrons. The van der Waals surface area contributed by atoms with Crippen LogP contribution in [0.4, 0.5) is 5.69 Å². The number of hydrogen-bond donors (Lipinski definition) is 1. The number of methoxy groups -OCH3 is 1. The maximum absolute atomic E-state index is 13.1. The van der Waals surface area contributed by atoms with Gasteiger partial charge in [0.05, 0.1) is 23.2 Å². The van der Waals surface area contributed by atoms with Crippen LogP contribution in [0.15, 0.2) is 87.3 Å². The molecule has 5 nitrogen and oxygen atoms in total. The van der Waals surface area contributed by atoms with Crippen LogP contribution < -0.4 is 9.64 Å². The van der Waals surface area contributed by atoms with Gasteiger partial charge in [0.1, 0.15) is 11.5 Å². The predicted octanol–water partition coefficient (Wildman–Crippen LogP) is 5.85. The van der Waals surface area contributed by atoms with Gasteiger partial charge in [-0.25, -0.2) is 0 Å². The number of anilines is 1.